The lowest BCUT2D eigenvalue weighted by atomic mass is 10.0. The third-order valence-corrected chi connectivity index (χ3v) is 12.0. The number of carbonyl (C=O) groups is 5. The van der Waals surface area contributed by atoms with Gasteiger partial charge < -0.3 is 20.4 Å². The standard InChI is InChI=1S/C42H43N9O7S/c1-59(57,58)30-18-12-27(13-19-30)33-9-6-10-35-45-42(47-51(33)35)44-28-14-16-29(17-15-28)48-23-25-49(26-24-48)37(53)11-3-2-4-22-43-32-8-5-7-31-38(32)41(56)50(40(31)55)34-20-21-36(52)46-39(34)54/h5-10,12-19,34,43H,2-4,11,20-26H2,1H3,(H,44,47)(H,46,52,54). The van der Waals surface area contributed by atoms with Crippen molar-refractivity contribution in [3.63, 3.8) is 0 Å². The number of nitrogens with one attached hydrogen (secondary N) is 3. The number of nitrogens with zero attached hydrogens (tertiary/aromatic N) is 6. The average Bonchev–Trinajstić information content (AvgIpc) is 3.76. The Morgan fingerprint density at radius 1 is 0.847 bits per heavy atom. The van der Waals surface area contributed by atoms with Crippen LogP contribution < -0.4 is 20.9 Å². The topological polar surface area (TPSA) is 195 Å². The first-order chi connectivity index (χ1) is 28.4. The molecule has 17 heteroatoms. The molecule has 1 unspecified atom stereocenters. The summed E-state index contributed by atoms with van der Waals surface area (Å²) < 4.78 is 25.5. The van der Waals surface area contributed by atoms with Crippen LogP contribution in [0.2, 0.25) is 0 Å². The molecule has 59 heavy (non-hydrogen) atoms. The van der Waals surface area contributed by atoms with E-state index in [9.17, 15) is 32.4 Å². The van der Waals surface area contributed by atoms with E-state index in [-0.39, 0.29) is 34.8 Å². The van der Waals surface area contributed by atoms with Crippen LogP contribution in [0.1, 0.15) is 59.2 Å². The summed E-state index contributed by atoms with van der Waals surface area (Å²) >= 11 is 0. The summed E-state index contributed by atoms with van der Waals surface area (Å²) in [5.74, 6) is -1.59. The Balaban J connectivity index is 0.770. The molecular formula is C42H43N9O7S. The first-order valence-electron chi connectivity index (χ1n) is 19.6. The van der Waals surface area contributed by atoms with E-state index in [1.54, 1.807) is 47.0 Å². The number of aromatic nitrogens is 3. The predicted octanol–water partition coefficient (Wildman–Crippen LogP) is 4.27. The van der Waals surface area contributed by atoms with Gasteiger partial charge in [0, 0.05) is 74.4 Å². The first-order valence-corrected chi connectivity index (χ1v) is 21.5. The quantitative estimate of drug-likeness (QED) is 0.113. The maximum atomic E-state index is 13.3. The third kappa shape index (κ3) is 8.23. The number of fused-ring (bicyclic) bond motifs is 2. The molecule has 3 aliphatic rings. The van der Waals surface area contributed by atoms with Gasteiger partial charge in [0.2, 0.25) is 23.7 Å². The number of rotatable bonds is 13. The molecule has 3 aromatic carbocycles. The number of carbonyl (C=O) groups excluding carboxylic acids is 5. The second-order valence-corrected chi connectivity index (χ2v) is 16.9. The fourth-order valence-electron chi connectivity index (χ4n) is 7.77. The van der Waals surface area contributed by atoms with E-state index >= 15 is 0 Å². The summed E-state index contributed by atoms with van der Waals surface area (Å²) in [5.41, 5.74) is 5.09. The van der Waals surface area contributed by atoms with E-state index < -0.39 is 39.5 Å². The van der Waals surface area contributed by atoms with Crippen LogP contribution in [0.3, 0.4) is 0 Å². The number of hydrogen-bond donors (Lipinski definition) is 3. The molecule has 3 aliphatic heterocycles. The van der Waals surface area contributed by atoms with Gasteiger partial charge in [0.05, 0.1) is 21.7 Å². The largest absolute Gasteiger partial charge is 0.384 e. The molecule has 0 spiro atoms. The van der Waals surface area contributed by atoms with E-state index in [2.05, 4.69) is 30.9 Å². The van der Waals surface area contributed by atoms with Crippen molar-refractivity contribution in [1.29, 1.82) is 0 Å². The molecule has 0 saturated carbocycles. The monoisotopic (exact) mass is 817 g/mol. The summed E-state index contributed by atoms with van der Waals surface area (Å²) in [5, 5.41) is 13.4. The third-order valence-electron chi connectivity index (χ3n) is 10.9. The van der Waals surface area contributed by atoms with Gasteiger partial charge >= 0.3 is 0 Å². The number of sulfone groups is 1. The normalized spacial score (nSPS) is 17.0. The number of hydrogen-bond acceptors (Lipinski definition) is 12. The lowest BCUT2D eigenvalue weighted by Gasteiger charge is -2.36. The molecule has 5 heterocycles. The average molecular weight is 818 g/mol. The predicted molar refractivity (Wildman–Crippen MR) is 220 cm³/mol. The summed E-state index contributed by atoms with van der Waals surface area (Å²) in [6, 6.07) is 24.3. The Morgan fingerprint density at radius 3 is 2.32 bits per heavy atom. The van der Waals surface area contributed by atoms with Gasteiger partial charge in [-0.2, -0.15) is 4.98 Å². The second kappa shape index (κ2) is 16.3. The molecule has 16 nitrogen and oxygen atoms in total. The number of piperazine rings is 1. The number of imide groups is 2. The van der Waals surface area contributed by atoms with Crippen molar-refractivity contribution in [3.05, 3.63) is 96.1 Å². The molecule has 0 aliphatic carbocycles. The zero-order valence-electron chi connectivity index (χ0n) is 32.4. The molecule has 304 valence electrons. The lowest BCUT2D eigenvalue weighted by molar-refractivity contribution is -0.136. The summed E-state index contributed by atoms with van der Waals surface area (Å²) in [4.78, 5) is 73.5. The highest BCUT2D eigenvalue weighted by atomic mass is 32.2. The van der Waals surface area contributed by atoms with Crippen molar-refractivity contribution in [2.24, 2.45) is 0 Å². The fourth-order valence-corrected chi connectivity index (χ4v) is 8.40. The van der Waals surface area contributed by atoms with Crippen molar-refractivity contribution >= 4 is 68.0 Å². The van der Waals surface area contributed by atoms with Crippen molar-refractivity contribution in [2.45, 2.75) is 49.5 Å². The fraction of sp³-hybridized carbons (Fsp3) is 0.310. The maximum absolute atomic E-state index is 13.3. The molecule has 1 atom stereocenters. The maximum Gasteiger partial charge on any atom is 0.264 e. The van der Waals surface area contributed by atoms with E-state index in [0.29, 0.717) is 56.4 Å². The Hall–Kier alpha value is -6.62. The molecule has 0 radical (unpaired) electrons. The van der Waals surface area contributed by atoms with E-state index in [4.69, 9.17) is 0 Å². The molecule has 3 N–H and O–H groups in total. The van der Waals surface area contributed by atoms with Crippen LogP contribution in [0.5, 0.6) is 0 Å². The zero-order chi connectivity index (χ0) is 41.3. The minimum Gasteiger partial charge on any atom is -0.384 e. The minimum atomic E-state index is -3.30. The van der Waals surface area contributed by atoms with Crippen LogP contribution in [-0.2, 0) is 24.2 Å². The summed E-state index contributed by atoms with van der Waals surface area (Å²) in [7, 11) is -3.30. The Bertz CT molecular complexity index is 2570. The number of unbranched alkanes of at least 4 members (excludes halogenated alkanes) is 2. The van der Waals surface area contributed by atoms with E-state index in [0.717, 1.165) is 46.8 Å². The van der Waals surface area contributed by atoms with Gasteiger partial charge in [-0.3, -0.25) is 34.2 Å². The smallest absolute Gasteiger partial charge is 0.264 e. The number of pyridine rings is 1. The molecule has 5 aromatic rings. The van der Waals surface area contributed by atoms with Crippen molar-refractivity contribution in [3.8, 4) is 11.3 Å². The Kier molecular flexibility index (Phi) is 10.9. The number of benzene rings is 3. The molecule has 8 rings (SSSR count). The van der Waals surface area contributed by atoms with Crippen molar-refractivity contribution in [2.75, 3.05) is 54.5 Å². The van der Waals surface area contributed by atoms with Crippen molar-refractivity contribution < 1.29 is 32.4 Å². The van der Waals surface area contributed by atoms with Crippen LogP contribution in [0.4, 0.5) is 23.0 Å². The summed E-state index contributed by atoms with van der Waals surface area (Å²) in [6.07, 6.45) is 4.08. The second-order valence-electron chi connectivity index (χ2n) is 14.9. The van der Waals surface area contributed by atoms with Crippen LogP contribution in [0, 0.1) is 0 Å². The molecule has 2 fully saturated rings. The Labute approximate surface area is 340 Å². The zero-order valence-corrected chi connectivity index (χ0v) is 33.2. The van der Waals surface area contributed by atoms with E-state index in [1.165, 1.54) is 6.26 Å². The molecule has 0 bridgehead atoms. The van der Waals surface area contributed by atoms with Gasteiger partial charge in [-0.1, -0.05) is 30.7 Å². The number of amides is 5. The van der Waals surface area contributed by atoms with Crippen LogP contribution >= 0.6 is 0 Å². The van der Waals surface area contributed by atoms with Crippen molar-refractivity contribution in [1.82, 2.24) is 29.7 Å². The van der Waals surface area contributed by atoms with Gasteiger partial charge in [0.25, 0.3) is 11.8 Å². The summed E-state index contributed by atoms with van der Waals surface area (Å²) in [6.45, 7) is 3.24. The van der Waals surface area contributed by atoms with Crippen LogP contribution in [0.15, 0.2) is 89.8 Å². The molecular weight excluding hydrogens is 775 g/mol. The lowest BCUT2D eigenvalue weighted by Crippen LogP contribution is -2.54. The van der Waals surface area contributed by atoms with Gasteiger partial charge in [-0.25, -0.2) is 12.9 Å². The minimum absolute atomic E-state index is 0.0625. The van der Waals surface area contributed by atoms with Gasteiger partial charge in [-0.15, -0.1) is 5.10 Å². The van der Waals surface area contributed by atoms with Crippen LogP contribution in [0.25, 0.3) is 16.9 Å². The van der Waals surface area contributed by atoms with Crippen LogP contribution in [-0.4, -0.2) is 107 Å². The molecule has 2 saturated heterocycles. The van der Waals surface area contributed by atoms with Gasteiger partial charge in [0.15, 0.2) is 15.5 Å². The number of piperidine rings is 1. The van der Waals surface area contributed by atoms with Gasteiger partial charge in [0.1, 0.15) is 6.04 Å². The SMILES string of the molecule is CS(=O)(=O)c1ccc(-c2cccc3nc(Nc4ccc(N5CCN(C(=O)CCCCCNc6cccc7c6C(=O)N(C6CCC(=O)NC6=O)C7=O)CC5)cc4)nn23)cc1. The van der Waals surface area contributed by atoms with E-state index in [1.807, 2.05) is 47.4 Å². The highest BCUT2D eigenvalue weighted by molar-refractivity contribution is 7.90. The molecule has 5 amide bonds. The number of anilines is 4. The molecule has 2 aromatic heterocycles. The van der Waals surface area contributed by atoms with Gasteiger partial charge in [-0.05, 0) is 79.9 Å². The Morgan fingerprint density at radius 2 is 1.59 bits per heavy atom. The highest BCUT2D eigenvalue weighted by Crippen LogP contribution is 2.33. The highest BCUT2D eigenvalue weighted by Gasteiger charge is 2.45. The first kappa shape index (κ1) is 39.2.